The van der Waals surface area contributed by atoms with E-state index in [0.717, 1.165) is 56.9 Å². The van der Waals surface area contributed by atoms with Crippen molar-refractivity contribution >= 4 is 0 Å². The normalized spacial score (nSPS) is 31.2. The fourth-order valence-corrected chi connectivity index (χ4v) is 7.29. The molecule has 206 valence electrons. The molecular weight excluding hydrogens is 476 g/mol. The predicted molar refractivity (Wildman–Crippen MR) is 142 cm³/mol. The fraction of sp³-hybridized carbons (Fsp3) is 0.688. The largest absolute Gasteiger partial charge is 0.393 e. The van der Waals surface area contributed by atoms with Crippen molar-refractivity contribution in [1.29, 1.82) is 0 Å². The van der Waals surface area contributed by atoms with Crippen LogP contribution in [-0.4, -0.2) is 23.6 Å². The Kier molecular flexibility index (Phi) is 9.58. The molecule has 0 amide bonds. The average Bonchev–Trinajstić information content (AvgIpc) is 2.86. The molecule has 2 fully saturated rings. The van der Waals surface area contributed by atoms with Gasteiger partial charge in [-0.3, -0.25) is 0 Å². The Hall–Kier alpha value is -1.62. The van der Waals surface area contributed by atoms with E-state index in [1.807, 2.05) is 18.2 Å². The third-order valence-electron chi connectivity index (χ3n) is 9.24. The molecule has 1 aromatic carbocycles. The lowest BCUT2D eigenvalue weighted by Crippen LogP contribution is -2.39. The smallest absolute Gasteiger partial charge is 0.389 e. The zero-order valence-corrected chi connectivity index (χ0v) is 22.3. The van der Waals surface area contributed by atoms with Crippen LogP contribution in [0.5, 0.6) is 0 Å². The Labute approximate surface area is 220 Å². The third kappa shape index (κ3) is 7.49. The molecular formula is C32H44F4O. The van der Waals surface area contributed by atoms with E-state index < -0.39 is 24.9 Å². The zero-order chi connectivity index (χ0) is 26.5. The lowest BCUT2D eigenvalue weighted by Gasteiger charge is -2.46. The highest BCUT2D eigenvalue weighted by molar-refractivity contribution is 5.35. The molecule has 5 heteroatoms. The van der Waals surface area contributed by atoms with E-state index in [1.165, 1.54) is 24.8 Å². The van der Waals surface area contributed by atoms with Gasteiger partial charge < -0.3 is 5.11 Å². The summed E-state index contributed by atoms with van der Waals surface area (Å²) < 4.78 is 54.2. The standard InChI is InChI=1S/C32H44F4O/c1-23-9-5-15-27(19-23)31(21-24-10-3-2-4-11-24,18-8-14-26-13-7-17-29(33)30(26)37)28-16-6-12-25(20-28)22-32(34,35)36/h6,8,10,12,14,16,20,23,26-27,29-30,37H,2-5,7,9,11,13,15,17-19,21-22H2,1H3/b14-8+. The Morgan fingerprint density at radius 3 is 2.54 bits per heavy atom. The Morgan fingerprint density at radius 2 is 1.81 bits per heavy atom. The molecule has 1 nitrogen and oxygen atoms in total. The molecule has 37 heavy (non-hydrogen) atoms. The number of benzene rings is 1. The molecule has 1 aromatic rings. The van der Waals surface area contributed by atoms with E-state index in [-0.39, 0.29) is 11.3 Å². The molecule has 0 saturated heterocycles. The maximum absolute atomic E-state index is 14.2. The van der Waals surface area contributed by atoms with Crippen LogP contribution >= 0.6 is 0 Å². The van der Waals surface area contributed by atoms with Gasteiger partial charge in [0.25, 0.3) is 0 Å². The van der Waals surface area contributed by atoms with Gasteiger partial charge in [-0.15, -0.1) is 0 Å². The molecule has 6 unspecified atom stereocenters. The molecule has 4 rings (SSSR count). The number of rotatable bonds is 8. The predicted octanol–water partition coefficient (Wildman–Crippen LogP) is 9.19. The van der Waals surface area contributed by atoms with Gasteiger partial charge in [-0.2, -0.15) is 13.2 Å². The van der Waals surface area contributed by atoms with E-state index in [4.69, 9.17) is 0 Å². The van der Waals surface area contributed by atoms with Crippen molar-refractivity contribution in [3.8, 4) is 0 Å². The molecule has 2 saturated carbocycles. The van der Waals surface area contributed by atoms with Gasteiger partial charge in [0, 0.05) is 11.3 Å². The number of hydrogen-bond acceptors (Lipinski definition) is 1. The Balaban J connectivity index is 1.73. The van der Waals surface area contributed by atoms with Crippen molar-refractivity contribution in [1.82, 2.24) is 0 Å². The highest BCUT2D eigenvalue weighted by Crippen LogP contribution is 2.50. The summed E-state index contributed by atoms with van der Waals surface area (Å²) in [5, 5.41) is 10.4. The van der Waals surface area contributed by atoms with Crippen LogP contribution in [-0.2, 0) is 11.8 Å². The second kappa shape index (κ2) is 12.5. The SMILES string of the molecule is CC1CCCC(C(C/C=C/C2CCCC(F)C2O)(CC2=CCCCC2)c2cccc(CC(F)(F)F)c2)C1. The summed E-state index contributed by atoms with van der Waals surface area (Å²) >= 11 is 0. The topological polar surface area (TPSA) is 20.2 Å². The lowest BCUT2D eigenvalue weighted by molar-refractivity contribution is -0.127. The molecule has 0 spiro atoms. The molecule has 0 aliphatic heterocycles. The summed E-state index contributed by atoms with van der Waals surface area (Å²) in [4.78, 5) is 0. The summed E-state index contributed by atoms with van der Waals surface area (Å²) in [5.41, 5.74) is 2.46. The van der Waals surface area contributed by atoms with Gasteiger partial charge in [-0.1, -0.05) is 67.8 Å². The number of aliphatic hydroxyl groups is 1. The monoisotopic (exact) mass is 520 g/mol. The van der Waals surface area contributed by atoms with Gasteiger partial charge in [0.1, 0.15) is 6.17 Å². The first-order valence-electron chi connectivity index (χ1n) is 14.5. The van der Waals surface area contributed by atoms with Gasteiger partial charge in [-0.25, -0.2) is 4.39 Å². The Morgan fingerprint density at radius 1 is 1.00 bits per heavy atom. The molecule has 3 aliphatic rings. The number of alkyl halides is 4. The second-order valence-electron chi connectivity index (χ2n) is 12.1. The average molecular weight is 521 g/mol. The van der Waals surface area contributed by atoms with E-state index in [2.05, 4.69) is 19.1 Å². The highest BCUT2D eigenvalue weighted by Gasteiger charge is 2.42. The highest BCUT2D eigenvalue weighted by atomic mass is 19.4. The van der Waals surface area contributed by atoms with Crippen LogP contribution in [0.25, 0.3) is 0 Å². The third-order valence-corrected chi connectivity index (χ3v) is 9.24. The summed E-state index contributed by atoms with van der Waals surface area (Å²) in [7, 11) is 0. The molecule has 6 atom stereocenters. The molecule has 1 N–H and O–H groups in total. The fourth-order valence-electron chi connectivity index (χ4n) is 7.29. The van der Waals surface area contributed by atoms with E-state index >= 15 is 0 Å². The van der Waals surface area contributed by atoms with Gasteiger partial charge in [0.15, 0.2) is 0 Å². The second-order valence-corrected chi connectivity index (χ2v) is 12.1. The number of hydrogen-bond donors (Lipinski definition) is 1. The van der Waals surface area contributed by atoms with Crippen LogP contribution in [0, 0.1) is 17.8 Å². The van der Waals surface area contributed by atoms with Crippen molar-refractivity contribution in [3.05, 3.63) is 59.2 Å². The van der Waals surface area contributed by atoms with Crippen LogP contribution < -0.4 is 0 Å². The number of aliphatic hydroxyl groups excluding tert-OH is 1. The van der Waals surface area contributed by atoms with Gasteiger partial charge in [0.05, 0.1) is 12.5 Å². The lowest BCUT2D eigenvalue weighted by atomic mass is 9.58. The Bertz CT molecular complexity index is 935. The molecule has 0 radical (unpaired) electrons. The zero-order valence-electron chi connectivity index (χ0n) is 22.3. The molecule has 0 heterocycles. The summed E-state index contributed by atoms with van der Waals surface area (Å²) in [6.07, 6.45) is 11.7. The van der Waals surface area contributed by atoms with Crippen LogP contribution in [0.4, 0.5) is 17.6 Å². The van der Waals surface area contributed by atoms with Gasteiger partial charge >= 0.3 is 6.18 Å². The van der Waals surface area contributed by atoms with Crippen LogP contribution in [0.1, 0.15) is 102 Å². The van der Waals surface area contributed by atoms with Gasteiger partial charge in [0.2, 0.25) is 0 Å². The van der Waals surface area contributed by atoms with Crippen molar-refractivity contribution in [3.63, 3.8) is 0 Å². The van der Waals surface area contributed by atoms with Crippen molar-refractivity contribution in [2.75, 3.05) is 0 Å². The van der Waals surface area contributed by atoms with Gasteiger partial charge in [-0.05, 0) is 93.6 Å². The van der Waals surface area contributed by atoms with E-state index in [1.54, 1.807) is 12.1 Å². The number of halogens is 4. The van der Waals surface area contributed by atoms with E-state index in [9.17, 15) is 22.7 Å². The summed E-state index contributed by atoms with van der Waals surface area (Å²) in [5.74, 6) is 0.764. The van der Waals surface area contributed by atoms with Crippen LogP contribution in [0.15, 0.2) is 48.1 Å². The quantitative estimate of drug-likeness (QED) is 0.268. The molecule has 0 aromatic heterocycles. The molecule has 0 bridgehead atoms. The van der Waals surface area contributed by atoms with Crippen molar-refractivity contribution in [2.45, 2.75) is 121 Å². The minimum atomic E-state index is -4.24. The van der Waals surface area contributed by atoms with Crippen molar-refractivity contribution < 1.29 is 22.7 Å². The first-order valence-corrected chi connectivity index (χ1v) is 14.5. The minimum Gasteiger partial charge on any atom is -0.389 e. The van der Waals surface area contributed by atoms with Crippen molar-refractivity contribution in [2.24, 2.45) is 17.8 Å². The van der Waals surface area contributed by atoms with Crippen LogP contribution in [0.2, 0.25) is 0 Å². The first kappa shape index (κ1) is 28.4. The maximum atomic E-state index is 14.2. The van der Waals surface area contributed by atoms with E-state index in [0.29, 0.717) is 30.2 Å². The number of allylic oxidation sites excluding steroid dienone is 3. The first-order chi connectivity index (χ1) is 17.7. The summed E-state index contributed by atoms with van der Waals surface area (Å²) in [6, 6.07) is 7.26. The minimum absolute atomic E-state index is 0.197. The molecule has 3 aliphatic carbocycles. The summed E-state index contributed by atoms with van der Waals surface area (Å²) in [6.45, 7) is 2.30. The van der Waals surface area contributed by atoms with Crippen LogP contribution in [0.3, 0.4) is 0 Å². The maximum Gasteiger partial charge on any atom is 0.393 e.